The molecule has 1 aliphatic carbocycles. The third-order valence-corrected chi connectivity index (χ3v) is 5.36. The molecule has 21 heavy (non-hydrogen) atoms. The Balaban J connectivity index is 1.70. The molecule has 0 aromatic carbocycles. The highest BCUT2D eigenvalue weighted by molar-refractivity contribution is 5.10. The minimum absolute atomic E-state index is 0.659. The van der Waals surface area contributed by atoms with E-state index in [0.717, 1.165) is 18.5 Å². The lowest BCUT2D eigenvalue weighted by atomic mass is 9.82. The molecule has 2 atom stereocenters. The van der Waals surface area contributed by atoms with Crippen LogP contribution in [0.2, 0.25) is 0 Å². The molecule has 0 amide bonds. The Morgan fingerprint density at radius 1 is 1.19 bits per heavy atom. The smallest absolute Gasteiger partial charge is 0.0271 e. The van der Waals surface area contributed by atoms with Crippen molar-refractivity contribution in [1.29, 1.82) is 0 Å². The first-order chi connectivity index (χ1) is 10.4. The minimum Gasteiger partial charge on any atom is -0.311 e. The van der Waals surface area contributed by atoms with Crippen molar-refractivity contribution >= 4 is 0 Å². The van der Waals surface area contributed by atoms with Crippen molar-refractivity contribution in [3.63, 3.8) is 0 Å². The van der Waals surface area contributed by atoms with Crippen molar-refractivity contribution in [1.82, 2.24) is 15.2 Å². The fourth-order valence-electron chi connectivity index (χ4n) is 4.06. The zero-order chi connectivity index (χ0) is 14.5. The second-order valence-electron chi connectivity index (χ2n) is 6.76. The number of piperazine rings is 1. The van der Waals surface area contributed by atoms with Gasteiger partial charge in [0.2, 0.25) is 0 Å². The molecule has 0 spiro atoms. The van der Waals surface area contributed by atoms with Gasteiger partial charge in [0.1, 0.15) is 0 Å². The Morgan fingerprint density at radius 3 is 2.67 bits per heavy atom. The lowest BCUT2D eigenvalue weighted by molar-refractivity contribution is 0.0645. The summed E-state index contributed by atoms with van der Waals surface area (Å²) < 4.78 is 0. The second kappa shape index (κ2) is 7.37. The van der Waals surface area contributed by atoms with Crippen LogP contribution in [0, 0.1) is 5.92 Å². The average Bonchev–Trinajstić information content (AvgIpc) is 2.56. The van der Waals surface area contributed by atoms with Gasteiger partial charge in [-0.2, -0.15) is 0 Å². The monoisotopic (exact) mass is 287 g/mol. The number of hydrogen-bond acceptors (Lipinski definition) is 3. The molecular formula is C18H29N3. The van der Waals surface area contributed by atoms with Crippen molar-refractivity contribution in [2.45, 2.75) is 64.1 Å². The predicted molar refractivity (Wildman–Crippen MR) is 87.1 cm³/mol. The Kier molecular flexibility index (Phi) is 5.26. The standard InChI is InChI=1S/C18H29N3/c1-2-17-14-21(13-15-8-10-19-11-9-15)18(12-20-17)16-6-4-3-5-7-16/h8-11,16-18,20H,2-7,12-14H2,1H3. The molecule has 0 radical (unpaired) electrons. The predicted octanol–water partition coefficient (Wildman–Crippen LogP) is 3.21. The van der Waals surface area contributed by atoms with E-state index in [9.17, 15) is 0 Å². The van der Waals surface area contributed by atoms with Gasteiger partial charge in [0, 0.05) is 44.1 Å². The van der Waals surface area contributed by atoms with Gasteiger partial charge >= 0.3 is 0 Å². The number of nitrogens with zero attached hydrogens (tertiary/aromatic N) is 2. The lowest BCUT2D eigenvalue weighted by Crippen LogP contribution is -2.58. The molecular weight excluding hydrogens is 258 g/mol. The van der Waals surface area contributed by atoms with Gasteiger partial charge in [-0.3, -0.25) is 9.88 Å². The van der Waals surface area contributed by atoms with Crippen LogP contribution in [0.5, 0.6) is 0 Å². The van der Waals surface area contributed by atoms with Crippen LogP contribution in [0.1, 0.15) is 51.0 Å². The van der Waals surface area contributed by atoms with Crippen molar-refractivity contribution in [2.24, 2.45) is 5.92 Å². The average molecular weight is 287 g/mol. The molecule has 1 N–H and O–H groups in total. The highest BCUT2D eigenvalue weighted by atomic mass is 15.2. The van der Waals surface area contributed by atoms with Crippen LogP contribution in [-0.2, 0) is 6.54 Å². The molecule has 116 valence electrons. The van der Waals surface area contributed by atoms with Crippen LogP contribution >= 0.6 is 0 Å². The molecule has 1 saturated carbocycles. The zero-order valence-electron chi connectivity index (χ0n) is 13.3. The quantitative estimate of drug-likeness (QED) is 0.921. The molecule has 1 aromatic rings. The van der Waals surface area contributed by atoms with Gasteiger partial charge in [-0.05, 0) is 42.9 Å². The molecule has 1 aromatic heterocycles. The molecule has 1 saturated heterocycles. The Bertz CT molecular complexity index is 414. The second-order valence-corrected chi connectivity index (χ2v) is 6.76. The summed E-state index contributed by atoms with van der Waals surface area (Å²) in [5.74, 6) is 0.894. The summed E-state index contributed by atoms with van der Waals surface area (Å²) >= 11 is 0. The summed E-state index contributed by atoms with van der Waals surface area (Å²) in [5, 5.41) is 3.78. The van der Waals surface area contributed by atoms with Crippen LogP contribution < -0.4 is 5.32 Å². The van der Waals surface area contributed by atoms with E-state index in [1.54, 1.807) is 0 Å². The topological polar surface area (TPSA) is 28.2 Å². The summed E-state index contributed by atoms with van der Waals surface area (Å²) in [6.45, 7) is 5.75. The van der Waals surface area contributed by atoms with Crippen LogP contribution in [0.25, 0.3) is 0 Å². The summed E-state index contributed by atoms with van der Waals surface area (Å²) in [7, 11) is 0. The van der Waals surface area contributed by atoms with Crippen molar-refractivity contribution in [3.05, 3.63) is 30.1 Å². The molecule has 3 rings (SSSR count). The number of pyridine rings is 1. The first kappa shape index (κ1) is 15.0. The molecule has 3 nitrogen and oxygen atoms in total. The van der Waals surface area contributed by atoms with E-state index in [2.05, 4.69) is 34.3 Å². The van der Waals surface area contributed by atoms with Gasteiger partial charge in [0.15, 0.2) is 0 Å². The zero-order valence-corrected chi connectivity index (χ0v) is 13.3. The highest BCUT2D eigenvalue weighted by Crippen LogP contribution is 2.31. The summed E-state index contributed by atoms with van der Waals surface area (Å²) in [6.07, 6.45) is 12.2. The van der Waals surface area contributed by atoms with Gasteiger partial charge in [-0.15, -0.1) is 0 Å². The Labute approximate surface area is 129 Å². The van der Waals surface area contributed by atoms with E-state index in [0.29, 0.717) is 6.04 Å². The first-order valence-corrected chi connectivity index (χ1v) is 8.73. The van der Waals surface area contributed by atoms with Crippen molar-refractivity contribution in [3.8, 4) is 0 Å². The third kappa shape index (κ3) is 3.83. The molecule has 2 unspecified atom stereocenters. The van der Waals surface area contributed by atoms with E-state index in [1.807, 2.05) is 12.4 Å². The Morgan fingerprint density at radius 2 is 1.95 bits per heavy atom. The number of nitrogens with one attached hydrogen (secondary N) is 1. The maximum absolute atomic E-state index is 4.15. The summed E-state index contributed by atoms with van der Waals surface area (Å²) in [5.41, 5.74) is 1.41. The number of aromatic nitrogens is 1. The van der Waals surface area contributed by atoms with Gasteiger partial charge < -0.3 is 5.32 Å². The molecule has 0 bridgehead atoms. The van der Waals surface area contributed by atoms with Gasteiger partial charge in [0.05, 0.1) is 0 Å². The van der Waals surface area contributed by atoms with E-state index >= 15 is 0 Å². The van der Waals surface area contributed by atoms with Crippen LogP contribution in [-0.4, -0.2) is 35.1 Å². The fourth-order valence-corrected chi connectivity index (χ4v) is 4.06. The van der Waals surface area contributed by atoms with E-state index in [1.165, 1.54) is 57.2 Å². The largest absolute Gasteiger partial charge is 0.311 e. The number of rotatable bonds is 4. The van der Waals surface area contributed by atoms with E-state index in [4.69, 9.17) is 0 Å². The van der Waals surface area contributed by atoms with Gasteiger partial charge in [-0.25, -0.2) is 0 Å². The summed E-state index contributed by atoms with van der Waals surface area (Å²) in [6, 6.07) is 5.72. The van der Waals surface area contributed by atoms with E-state index < -0.39 is 0 Å². The summed E-state index contributed by atoms with van der Waals surface area (Å²) in [4.78, 5) is 6.89. The number of hydrogen-bond donors (Lipinski definition) is 1. The molecule has 2 aliphatic rings. The minimum atomic E-state index is 0.659. The molecule has 2 fully saturated rings. The van der Waals surface area contributed by atoms with Crippen molar-refractivity contribution in [2.75, 3.05) is 13.1 Å². The molecule has 1 aliphatic heterocycles. The van der Waals surface area contributed by atoms with Crippen molar-refractivity contribution < 1.29 is 0 Å². The fraction of sp³-hybridized carbons (Fsp3) is 0.722. The van der Waals surface area contributed by atoms with Crippen LogP contribution in [0.4, 0.5) is 0 Å². The van der Waals surface area contributed by atoms with Gasteiger partial charge in [0.25, 0.3) is 0 Å². The first-order valence-electron chi connectivity index (χ1n) is 8.73. The SMILES string of the molecule is CCC1CN(Cc2ccncc2)C(C2CCCCC2)CN1. The third-order valence-electron chi connectivity index (χ3n) is 5.36. The highest BCUT2D eigenvalue weighted by Gasteiger charge is 2.33. The maximum atomic E-state index is 4.15. The van der Waals surface area contributed by atoms with Gasteiger partial charge in [-0.1, -0.05) is 26.2 Å². The van der Waals surface area contributed by atoms with Crippen LogP contribution in [0.15, 0.2) is 24.5 Å². The maximum Gasteiger partial charge on any atom is 0.0271 e. The van der Waals surface area contributed by atoms with E-state index in [-0.39, 0.29) is 0 Å². The van der Waals surface area contributed by atoms with Crippen LogP contribution in [0.3, 0.4) is 0 Å². The lowest BCUT2D eigenvalue weighted by Gasteiger charge is -2.45. The molecule has 3 heteroatoms. The Hall–Kier alpha value is -0.930. The molecule has 2 heterocycles. The normalized spacial score (nSPS) is 28.6.